The van der Waals surface area contributed by atoms with E-state index in [2.05, 4.69) is 82.1 Å². The van der Waals surface area contributed by atoms with Crippen LogP contribution in [0, 0.1) is 10.8 Å². The smallest absolute Gasteiger partial charge is 0.243 e. The van der Waals surface area contributed by atoms with Gasteiger partial charge in [-0.3, -0.25) is 0 Å². The Morgan fingerprint density at radius 3 is 1.95 bits per heavy atom. The highest BCUT2D eigenvalue weighted by Crippen LogP contribution is 2.39. The zero-order valence-corrected chi connectivity index (χ0v) is 14.2. The van der Waals surface area contributed by atoms with E-state index in [1.807, 2.05) is 0 Å². The van der Waals surface area contributed by atoms with Crippen molar-refractivity contribution in [2.24, 2.45) is 16.6 Å². The zero-order chi connectivity index (χ0) is 15.3. The lowest BCUT2D eigenvalue weighted by Gasteiger charge is -2.33. The minimum Gasteiger partial charge on any atom is -0.333 e. The second-order valence-electron chi connectivity index (χ2n) is 7.34. The third-order valence-corrected chi connectivity index (χ3v) is 3.24. The molecule has 1 unspecified atom stereocenters. The van der Waals surface area contributed by atoms with Crippen LogP contribution >= 0.6 is 0 Å². The lowest BCUT2D eigenvalue weighted by atomic mass is 9.77. The Balaban J connectivity index is 0.00000154. The van der Waals surface area contributed by atoms with Gasteiger partial charge in [0.25, 0.3) is 0 Å². The molecule has 1 aromatic heterocycles. The van der Waals surface area contributed by atoms with Crippen molar-refractivity contribution >= 4 is 0 Å². The van der Waals surface area contributed by atoms with Gasteiger partial charge in [-0.25, -0.2) is 9.13 Å². The Kier molecular flexibility index (Phi) is 6.78. The van der Waals surface area contributed by atoms with Gasteiger partial charge in [0, 0.05) is 5.41 Å². The second-order valence-corrected chi connectivity index (χ2v) is 7.34. The first-order chi connectivity index (χ1) is 8.63. The van der Waals surface area contributed by atoms with Crippen LogP contribution in [0.25, 0.3) is 0 Å². The molecule has 1 aromatic rings. The molecule has 3 nitrogen and oxygen atoms in total. The highest BCUT2D eigenvalue weighted by atomic mass is 15.1. The second kappa shape index (κ2) is 7.09. The number of aryl methyl sites for hydroxylation is 1. The number of rotatable bonds is 3. The van der Waals surface area contributed by atoms with Crippen LogP contribution in [0.3, 0.4) is 0 Å². The lowest BCUT2D eigenvalue weighted by molar-refractivity contribution is -0.693. The molecule has 0 spiro atoms. The fourth-order valence-electron chi connectivity index (χ4n) is 2.22. The van der Waals surface area contributed by atoms with Crippen LogP contribution in [0.5, 0.6) is 0 Å². The lowest BCUT2D eigenvalue weighted by Crippen LogP contribution is -2.32. The summed E-state index contributed by atoms with van der Waals surface area (Å²) in [5.74, 6) is 0. The molecule has 2 N–H and O–H groups in total. The third kappa shape index (κ3) is 6.24. The number of aromatic nitrogens is 2. The molecule has 0 bridgehead atoms. The molecule has 1 rings (SSSR count). The molecule has 0 aliphatic rings. The van der Waals surface area contributed by atoms with Gasteiger partial charge < -0.3 is 5.73 Å². The van der Waals surface area contributed by atoms with Crippen molar-refractivity contribution in [3.8, 4) is 0 Å². The number of nitrogens with two attached hydrogens (primary N) is 1. The van der Waals surface area contributed by atoms with Gasteiger partial charge in [0.15, 0.2) is 0 Å². The topological polar surface area (TPSA) is 34.8 Å². The van der Waals surface area contributed by atoms with Gasteiger partial charge in [-0.1, -0.05) is 41.5 Å². The van der Waals surface area contributed by atoms with E-state index in [1.54, 1.807) is 0 Å². The van der Waals surface area contributed by atoms with Gasteiger partial charge >= 0.3 is 0 Å². The highest BCUT2D eigenvalue weighted by Gasteiger charge is 2.33. The Bertz CT molecular complexity index is 353. The standard InChI is InChI=1S/C15H29N2.CH5N/c1-8-16-9-10-17(12-16)13(15(5,6)7)11-14(2,3)4;1-2/h9-10,12-13H,8,11H2,1-7H3;2H2,1H3/q+1;. The molecule has 3 heteroatoms. The molecule has 0 aliphatic heterocycles. The van der Waals surface area contributed by atoms with E-state index in [4.69, 9.17) is 0 Å². The fourth-order valence-corrected chi connectivity index (χ4v) is 2.22. The summed E-state index contributed by atoms with van der Waals surface area (Å²) in [5.41, 5.74) is 5.15. The molecule has 1 atom stereocenters. The Hall–Kier alpha value is -0.830. The SMILES string of the molecule is CC[n+]1ccn(C(CC(C)(C)C)C(C)(C)C)c1.CN. The molecule has 0 radical (unpaired) electrons. The molecule has 0 aromatic carbocycles. The minimum absolute atomic E-state index is 0.290. The average Bonchev–Trinajstić information content (AvgIpc) is 2.74. The minimum atomic E-state index is 0.290. The number of imidazole rings is 1. The van der Waals surface area contributed by atoms with E-state index >= 15 is 0 Å². The summed E-state index contributed by atoms with van der Waals surface area (Å²) in [7, 11) is 1.50. The fraction of sp³-hybridized carbons (Fsp3) is 0.812. The van der Waals surface area contributed by atoms with Crippen LogP contribution < -0.4 is 10.3 Å². The predicted molar refractivity (Wildman–Crippen MR) is 83.0 cm³/mol. The first-order valence-electron chi connectivity index (χ1n) is 7.28. The molecule has 0 amide bonds. The Morgan fingerprint density at radius 2 is 1.63 bits per heavy atom. The van der Waals surface area contributed by atoms with Crippen LogP contribution in [0.15, 0.2) is 18.7 Å². The van der Waals surface area contributed by atoms with E-state index in [-0.39, 0.29) is 5.41 Å². The molecule has 19 heavy (non-hydrogen) atoms. The Labute approximate surface area is 119 Å². The molecule has 0 fully saturated rings. The molecule has 0 saturated heterocycles. The van der Waals surface area contributed by atoms with Crippen LogP contribution in [-0.4, -0.2) is 11.6 Å². The quantitative estimate of drug-likeness (QED) is 0.838. The van der Waals surface area contributed by atoms with E-state index in [0.717, 1.165) is 6.54 Å². The Morgan fingerprint density at radius 1 is 1.11 bits per heavy atom. The number of nitrogens with zero attached hydrogens (tertiary/aromatic N) is 2. The molecular weight excluding hydrogens is 234 g/mol. The van der Waals surface area contributed by atoms with Gasteiger partial charge in [-0.2, -0.15) is 0 Å². The molecule has 112 valence electrons. The van der Waals surface area contributed by atoms with E-state index in [0.29, 0.717) is 11.5 Å². The van der Waals surface area contributed by atoms with Gasteiger partial charge in [0.1, 0.15) is 18.4 Å². The average molecular weight is 268 g/mol. The molecule has 1 heterocycles. The first kappa shape index (κ1) is 18.2. The summed E-state index contributed by atoms with van der Waals surface area (Å²) < 4.78 is 4.62. The van der Waals surface area contributed by atoms with Crippen molar-refractivity contribution in [2.75, 3.05) is 7.05 Å². The predicted octanol–water partition coefficient (Wildman–Crippen LogP) is 3.39. The summed E-state index contributed by atoms with van der Waals surface area (Å²) in [6.45, 7) is 17.2. The highest BCUT2D eigenvalue weighted by molar-refractivity contribution is 4.86. The first-order valence-corrected chi connectivity index (χ1v) is 7.28. The van der Waals surface area contributed by atoms with Gasteiger partial charge in [0.05, 0.1) is 6.54 Å². The van der Waals surface area contributed by atoms with E-state index in [1.165, 1.54) is 13.5 Å². The summed E-state index contributed by atoms with van der Waals surface area (Å²) in [6, 6.07) is 0.551. The van der Waals surface area contributed by atoms with Gasteiger partial charge in [-0.05, 0) is 25.8 Å². The summed E-state index contributed by atoms with van der Waals surface area (Å²) >= 11 is 0. The molecule has 0 saturated carbocycles. The van der Waals surface area contributed by atoms with Crippen LogP contribution in [0.4, 0.5) is 0 Å². The normalized spacial score (nSPS) is 13.7. The van der Waals surface area contributed by atoms with Crippen molar-refractivity contribution in [3.63, 3.8) is 0 Å². The number of hydrogen-bond acceptors (Lipinski definition) is 1. The monoisotopic (exact) mass is 268 g/mol. The van der Waals surface area contributed by atoms with Gasteiger partial charge in [0.2, 0.25) is 6.33 Å². The van der Waals surface area contributed by atoms with Crippen molar-refractivity contribution in [3.05, 3.63) is 18.7 Å². The van der Waals surface area contributed by atoms with Crippen LogP contribution in [0.1, 0.15) is 60.9 Å². The van der Waals surface area contributed by atoms with Crippen LogP contribution in [-0.2, 0) is 6.54 Å². The summed E-state index contributed by atoms with van der Waals surface area (Å²) in [6.07, 6.45) is 7.82. The van der Waals surface area contributed by atoms with E-state index in [9.17, 15) is 0 Å². The number of hydrogen-bond donors (Lipinski definition) is 1. The van der Waals surface area contributed by atoms with Crippen molar-refractivity contribution < 1.29 is 4.57 Å². The molecular formula is C16H34N3+. The third-order valence-electron chi connectivity index (χ3n) is 3.24. The van der Waals surface area contributed by atoms with Crippen molar-refractivity contribution in [1.82, 2.24) is 4.57 Å². The van der Waals surface area contributed by atoms with Crippen molar-refractivity contribution in [2.45, 2.75) is 67.5 Å². The maximum atomic E-state index is 4.50. The zero-order valence-electron chi connectivity index (χ0n) is 14.2. The maximum Gasteiger partial charge on any atom is 0.243 e. The van der Waals surface area contributed by atoms with Crippen molar-refractivity contribution in [1.29, 1.82) is 0 Å². The maximum absolute atomic E-state index is 4.50. The van der Waals surface area contributed by atoms with Gasteiger partial charge in [-0.15, -0.1) is 0 Å². The largest absolute Gasteiger partial charge is 0.333 e. The molecule has 0 aliphatic carbocycles. The van der Waals surface area contributed by atoms with E-state index < -0.39 is 0 Å². The summed E-state index contributed by atoms with van der Waals surface area (Å²) in [5, 5.41) is 0. The van der Waals surface area contributed by atoms with Crippen LogP contribution in [0.2, 0.25) is 0 Å². The summed E-state index contributed by atoms with van der Waals surface area (Å²) in [4.78, 5) is 0.